The first kappa shape index (κ1) is 20.3. The lowest BCUT2D eigenvalue weighted by atomic mass is 9.91. The molecule has 0 aliphatic carbocycles. The molecule has 0 saturated carbocycles. The van der Waals surface area contributed by atoms with Crippen LogP contribution in [-0.4, -0.2) is 34.4 Å². The first-order chi connectivity index (χ1) is 11.2. The molecule has 0 aromatic carbocycles. The van der Waals surface area contributed by atoms with Gasteiger partial charge in [0.2, 0.25) is 0 Å². The molecule has 9 heteroatoms. The van der Waals surface area contributed by atoms with Crippen LogP contribution < -0.4 is 0 Å². The van der Waals surface area contributed by atoms with Crippen LogP contribution in [0.5, 0.6) is 0 Å². The van der Waals surface area contributed by atoms with E-state index in [0.717, 1.165) is 0 Å². The summed E-state index contributed by atoms with van der Waals surface area (Å²) in [6.07, 6.45) is -0.641. The Labute approximate surface area is 147 Å². The Morgan fingerprint density at radius 3 is 2.38 bits per heavy atom. The summed E-state index contributed by atoms with van der Waals surface area (Å²) in [6, 6.07) is 0. The van der Waals surface area contributed by atoms with Gasteiger partial charge in [-0.3, -0.25) is 14.4 Å². The molecule has 1 aromatic heterocycles. The monoisotopic (exact) mass is 379 g/mol. The number of hydrogen-bond acceptors (Lipinski definition) is 5. The van der Waals surface area contributed by atoms with Gasteiger partial charge in [-0.1, -0.05) is 30.1 Å². The Morgan fingerprint density at radius 1 is 1.25 bits per heavy atom. The molecule has 6 nitrogen and oxygen atoms in total. The van der Waals surface area contributed by atoms with Crippen molar-refractivity contribution in [3.63, 3.8) is 0 Å². The van der Waals surface area contributed by atoms with Crippen LogP contribution >= 0.6 is 23.2 Å². The summed E-state index contributed by atoms with van der Waals surface area (Å²) in [6.45, 7) is 3.14. The van der Waals surface area contributed by atoms with E-state index in [4.69, 9.17) is 33.0 Å². The molecule has 1 unspecified atom stereocenters. The third kappa shape index (κ3) is 4.64. The van der Waals surface area contributed by atoms with Gasteiger partial charge in [0.05, 0.1) is 12.2 Å². The maximum Gasteiger partial charge on any atom is 0.316 e. The molecule has 132 valence electrons. The minimum absolute atomic E-state index is 0.0112. The van der Waals surface area contributed by atoms with Gasteiger partial charge in [0, 0.05) is 12.0 Å². The minimum Gasteiger partial charge on any atom is -0.481 e. The number of aliphatic carboxylic acids is 1. The second kappa shape index (κ2) is 8.94. The van der Waals surface area contributed by atoms with Crippen molar-refractivity contribution < 1.29 is 28.6 Å². The molecule has 0 fully saturated rings. The predicted molar refractivity (Wildman–Crippen MR) is 84.9 cm³/mol. The summed E-state index contributed by atoms with van der Waals surface area (Å²) < 4.78 is 18.9. The summed E-state index contributed by atoms with van der Waals surface area (Å²) >= 11 is 11.5. The number of halogens is 3. The van der Waals surface area contributed by atoms with Crippen molar-refractivity contribution in [2.75, 3.05) is 6.61 Å². The van der Waals surface area contributed by atoms with Crippen LogP contribution in [0.4, 0.5) is 4.39 Å². The molecule has 1 N–H and O–H groups in total. The lowest BCUT2D eigenvalue weighted by molar-refractivity contribution is -0.146. The Balaban J connectivity index is 3.34. The van der Waals surface area contributed by atoms with Crippen LogP contribution in [0.1, 0.15) is 42.6 Å². The highest BCUT2D eigenvalue weighted by molar-refractivity contribution is 6.35. The number of ketones is 1. The molecule has 24 heavy (non-hydrogen) atoms. The maximum atomic E-state index is 14.1. The number of carboxylic acids is 1. The van der Waals surface area contributed by atoms with Crippen molar-refractivity contribution in [2.45, 2.75) is 33.1 Å². The van der Waals surface area contributed by atoms with Crippen LogP contribution in [0, 0.1) is 11.7 Å². The fourth-order valence-electron chi connectivity index (χ4n) is 2.17. The molecule has 1 heterocycles. The predicted octanol–water partition coefficient (Wildman–Crippen LogP) is 3.32. The Hall–Kier alpha value is -1.73. The van der Waals surface area contributed by atoms with Gasteiger partial charge < -0.3 is 9.84 Å². The Bertz CT molecular complexity index is 666. The molecule has 0 amide bonds. The second-order valence-corrected chi connectivity index (χ2v) is 5.53. The van der Waals surface area contributed by atoms with Crippen molar-refractivity contribution in [3.05, 3.63) is 27.3 Å². The van der Waals surface area contributed by atoms with E-state index in [9.17, 15) is 18.8 Å². The second-order valence-electron chi connectivity index (χ2n) is 4.82. The third-order valence-corrected chi connectivity index (χ3v) is 3.81. The van der Waals surface area contributed by atoms with Crippen molar-refractivity contribution in [1.82, 2.24) is 4.98 Å². The zero-order chi connectivity index (χ0) is 18.4. The van der Waals surface area contributed by atoms with Crippen LogP contribution in [0.15, 0.2) is 0 Å². The number of rotatable bonds is 8. The molecule has 1 atom stereocenters. The lowest BCUT2D eigenvalue weighted by Gasteiger charge is -2.17. The molecular weight excluding hydrogens is 364 g/mol. The minimum atomic E-state index is -1.41. The van der Waals surface area contributed by atoms with Crippen LogP contribution in [-0.2, 0) is 20.7 Å². The molecule has 0 radical (unpaired) electrons. The summed E-state index contributed by atoms with van der Waals surface area (Å²) in [5.41, 5.74) is -0.348. The van der Waals surface area contributed by atoms with Crippen LogP contribution in [0.2, 0.25) is 10.3 Å². The molecule has 1 aromatic rings. The van der Waals surface area contributed by atoms with Crippen molar-refractivity contribution >= 4 is 40.9 Å². The number of esters is 1. The largest absolute Gasteiger partial charge is 0.481 e. The zero-order valence-electron chi connectivity index (χ0n) is 13.1. The number of nitrogens with zero attached hydrogens (tertiary/aromatic N) is 1. The maximum absolute atomic E-state index is 14.1. The van der Waals surface area contributed by atoms with E-state index in [1.54, 1.807) is 13.8 Å². The first-order valence-corrected chi connectivity index (χ1v) is 7.96. The molecule has 0 aliphatic rings. The van der Waals surface area contributed by atoms with Crippen LogP contribution in [0.25, 0.3) is 0 Å². The van der Waals surface area contributed by atoms with Gasteiger partial charge in [-0.05, 0) is 19.8 Å². The lowest BCUT2D eigenvalue weighted by Crippen LogP contribution is -2.28. The Morgan fingerprint density at radius 2 is 1.88 bits per heavy atom. The highest BCUT2D eigenvalue weighted by atomic mass is 35.5. The number of Topliss-reactive ketones (excluding diaryl/α,β-unsaturated/α-hetero) is 1. The fourth-order valence-corrected chi connectivity index (χ4v) is 2.71. The number of carboxylic acid groups (broad SMARTS) is 1. The number of carbonyl (C=O) groups excluding carboxylic acids is 2. The first-order valence-electron chi connectivity index (χ1n) is 7.20. The van der Waals surface area contributed by atoms with Crippen LogP contribution in [0.3, 0.4) is 0 Å². The van der Waals surface area contributed by atoms with Gasteiger partial charge in [0.25, 0.3) is 0 Å². The third-order valence-electron chi connectivity index (χ3n) is 3.28. The Kier molecular flexibility index (Phi) is 7.57. The number of ether oxygens (including phenoxy) is 1. The van der Waals surface area contributed by atoms with Crippen molar-refractivity contribution in [3.8, 4) is 0 Å². The van der Waals surface area contributed by atoms with E-state index in [1.807, 2.05) is 0 Å². The van der Waals surface area contributed by atoms with E-state index in [-0.39, 0.29) is 35.7 Å². The number of hydrogen-bond donors (Lipinski definition) is 1. The normalized spacial score (nSPS) is 11.9. The highest BCUT2D eigenvalue weighted by Crippen LogP contribution is 2.30. The summed E-state index contributed by atoms with van der Waals surface area (Å²) in [5.74, 6) is -5.21. The van der Waals surface area contributed by atoms with E-state index >= 15 is 0 Å². The fraction of sp³-hybridized carbons (Fsp3) is 0.467. The topological polar surface area (TPSA) is 93.6 Å². The summed E-state index contributed by atoms with van der Waals surface area (Å²) in [5, 5.41) is 7.96. The van der Waals surface area contributed by atoms with E-state index in [0.29, 0.717) is 0 Å². The van der Waals surface area contributed by atoms with Gasteiger partial charge >= 0.3 is 11.9 Å². The number of pyridine rings is 1. The average molecular weight is 380 g/mol. The van der Waals surface area contributed by atoms with Crippen molar-refractivity contribution in [1.29, 1.82) is 0 Å². The smallest absolute Gasteiger partial charge is 0.316 e. The SMILES string of the molecule is CCOC(=O)C(CCC(=O)O)C(=O)c1c(Cl)nc(Cl)c(F)c1CC. The molecule has 0 spiro atoms. The standard InChI is InChI=1S/C15H16Cl2FNO5/c1-3-7-10(13(16)19-14(17)11(7)18)12(22)8(5-6-9(20)21)15(23)24-4-2/h8H,3-6H2,1-2H3,(H,20,21). The van der Waals surface area contributed by atoms with Gasteiger partial charge in [-0.2, -0.15) is 0 Å². The molecule has 0 saturated heterocycles. The highest BCUT2D eigenvalue weighted by Gasteiger charge is 2.34. The quantitative estimate of drug-likeness (QED) is 0.322. The number of carbonyl (C=O) groups is 3. The van der Waals surface area contributed by atoms with Gasteiger partial charge in [0.15, 0.2) is 16.8 Å². The average Bonchev–Trinajstić information content (AvgIpc) is 2.50. The number of aromatic nitrogens is 1. The van der Waals surface area contributed by atoms with Gasteiger partial charge in [0.1, 0.15) is 11.1 Å². The molecule has 1 rings (SSSR count). The van der Waals surface area contributed by atoms with Gasteiger partial charge in [-0.25, -0.2) is 9.37 Å². The van der Waals surface area contributed by atoms with Crippen molar-refractivity contribution in [2.24, 2.45) is 5.92 Å². The van der Waals surface area contributed by atoms with E-state index in [1.165, 1.54) is 0 Å². The molecular formula is C15H16Cl2FNO5. The summed E-state index contributed by atoms with van der Waals surface area (Å²) in [7, 11) is 0. The van der Waals surface area contributed by atoms with E-state index < -0.39 is 41.0 Å². The van der Waals surface area contributed by atoms with E-state index in [2.05, 4.69) is 4.98 Å². The zero-order valence-corrected chi connectivity index (χ0v) is 14.6. The summed E-state index contributed by atoms with van der Waals surface area (Å²) in [4.78, 5) is 39.0. The molecule has 0 bridgehead atoms. The molecule has 0 aliphatic heterocycles. The van der Waals surface area contributed by atoms with Gasteiger partial charge in [-0.15, -0.1) is 0 Å².